The Bertz CT molecular complexity index is 794. The zero-order valence-corrected chi connectivity index (χ0v) is 15.4. The van der Waals surface area contributed by atoms with Crippen LogP contribution in [0.4, 0.5) is 5.69 Å². The molecule has 0 saturated heterocycles. The SMILES string of the molecule is Cc1cccc(OCC(=O)NCC(=O)Nc2cc(Cl)ccc2Cl)c1C. The van der Waals surface area contributed by atoms with Crippen LogP contribution < -0.4 is 15.4 Å². The zero-order chi connectivity index (χ0) is 18.4. The molecule has 7 heteroatoms. The van der Waals surface area contributed by atoms with Gasteiger partial charge in [0, 0.05) is 5.02 Å². The van der Waals surface area contributed by atoms with E-state index in [0.717, 1.165) is 11.1 Å². The molecule has 0 aliphatic heterocycles. The number of halogens is 2. The molecule has 25 heavy (non-hydrogen) atoms. The molecule has 0 unspecified atom stereocenters. The van der Waals surface area contributed by atoms with E-state index in [4.69, 9.17) is 27.9 Å². The van der Waals surface area contributed by atoms with E-state index in [1.54, 1.807) is 18.2 Å². The summed E-state index contributed by atoms with van der Waals surface area (Å²) in [5.41, 5.74) is 2.44. The largest absolute Gasteiger partial charge is 0.483 e. The smallest absolute Gasteiger partial charge is 0.258 e. The van der Waals surface area contributed by atoms with Gasteiger partial charge in [-0.1, -0.05) is 35.3 Å². The Labute approximate surface area is 156 Å². The van der Waals surface area contributed by atoms with Crippen molar-refractivity contribution in [3.05, 3.63) is 57.6 Å². The number of carbonyl (C=O) groups is 2. The normalized spacial score (nSPS) is 10.2. The van der Waals surface area contributed by atoms with E-state index >= 15 is 0 Å². The molecule has 0 spiro atoms. The van der Waals surface area contributed by atoms with Crippen LogP contribution in [0.2, 0.25) is 10.0 Å². The van der Waals surface area contributed by atoms with E-state index in [2.05, 4.69) is 10.6 Å². The fourth-order valence-electron chi connectivity index (χ4n) is 2.04. The Kier molecular flexibility index (Phi) is 6.67. The molecule has 132 valence electrons. The number of aryl methyl sites for hydroxylation is 1. The average Bonchev–Trinajstić information content (AvgIpc) is 2.57. The molecule has 2 aromatic rings. The quantitative estimate of drug-likeness (QED) is 0.801. The number of amides is 2. The lowest BCUT2D eigenvalue weighted by molar-refractivity contribution is -0.125. The molecule has 0 radical (unpaired) electrons. The van der Waals surface area contributed by atoms with Gasteiger partial charge < -0.3 is 15.4 Å². The van der Waals surface area contributed by atoms with Crippen molar-refractivity contribution in [3.8, 4) is 5.75 Å². The fraction of sp³-hybridized carbons (Fsp3) is 0.222. The minimum Gasteiger partial charge on any atom is -0.483 e. The average molecular weight is 381 g/mol. The van der Waals surface area contributed by atoms with Crippen molar-refractivity contribution in [2.24, 2.45) is 0 Å². The first kappa shape index (κ1) is 19.1. The molecule has 0 aliphatic rings. The van der Waals surface area contributed by atoms with E-state index in [-0.39, 0.29) is 13.2 Å². The highest BCUT2D eigenvalue weighted by atomic mass is 35.5. The number of carbonyl (C=O) groups excluding carboxylic acids is 2. The highest BCUT2D eigenvalue weighted by Gasteiger charge is 2.10. The number of ether oxygens (including phenoxy) is 1. The summed E-state index contributed by atoms with van der Waals surface area (Å²) in [6, 6.07) is 10.4. The second-order valence-corrected chi connectivity index (χ2v) is 6.28. The monoisotopic (exact) mass is 380 g/mol. The molecule has 0 saturated carbocycles. The molecular weight excluding hydrogens is 363 g/mol. The van der Waals surface area contributed by atoms with Crippen LogP contribution in [-0.4, -0.2) is 25.0 Å². The minimum atomic E-state index is -0.413. The minimum absolute atomic E-state index is 0.171. The van der Waals surface area contributed by atoms with Gasteiger partial charge in [-0.25, -0.2) is 0 Å². The van der Waals surface area contributed by atoms with Crippen LogP contribution in [0, 0.1) is 13.8 Å². The van der Waals surface area contributed by atoms with E-state index in [1.807, 2.05) is 26.0 Å². The van der Waals surface area contributed by atoms with Crippen LogP contribution in [0.5, 0.6) is 5.75 Å². The summed E-state index contributed by atoms with van der Waals surface area (Å²) in [6.07, 6.45) is 0. The maximum absolute atomic E-state index is 11.9. The fourth-order valence-corrected chi connectivity index (χ4v) is 2.38. The predicted molar refractivity (Wildman–Crippen MR) is 99.5 cm³/mol. The summed E-state index contributed by atoms with van der Waals surface area (Å²) in [5.74, 6) is -0.164. The first-order chi connectivity index (χ1) is 11.9. The van der Waals surface area contributed by atoms with Gasteiger partial charge in [0.15, 0.2) is 6.61 Å². The lowest BCUT2D eigenvalue weighted by Crippen LogP contribution is -2.35. The van der Waals surface area contributed by atoms with Crippen LogP contribution >= 0.6 is 23.2 Å². The summed E-state index contributed by atoms with van der Waals surface area (Å²) < 4.78 is 5.48. The zero-order valence-electron chi connectivity index (χ0n) is 13.9. The van der Waals surface area contributed by atoms with Crippen molar-refractivity contribution in [1.29, 1.82) is 0 Å². The first-order valence-corrected chi connectivity index (χ1v) is 8.33. The lowest BCUT2D eigenvalue weighted by atomic mass is 10.1. The van der Waals surface area contributed by atoms with Gasteiger partial charge in [0.05, 0.1) is 17.3 Å². The maximum Gasteiger partial charge on any atom is 0.258 e. The van der Waals surface area contributed by atoms with Crippen LogP contribution in [-0.2, 0) is 9.59 Å². The van der Waals surface area contributed by atoms with Crippen molar-refractivity contribution in [2.75, 3.05) is 18.5 Å². The molecule has 0 aliphatic carbocycles. The molecule has 2 rings (SSSR count). The third-order valence-corrected chi connectivity index (χ3v) is 4.13. The van der Waals surface area contributed by atoms with Gasteiger partial charge in [-0.15, -0.1) is 0 Å². The van der Waals surface area contributed by atoms with Gasteiger partial charge in [0.25, 0.3) is 5.91 Å². The van der Waals surface area contributed by atoms with Crippen LogP contribution in [0.1, 0.15) is 11.1 Å². The standard InChI is InChI=1S/C18H18Cl2N2O3/c1-11-4-3-5-16(12(11)2)25-10-18(24)21-9-17(23)22-15-8-13(19)6-7-14(15)20/h3-8H,9-10H2,1-2H3,(H,21,24)(H,22,23). The molecule has 0 heterocycles. The molecule has 2 amide bonds. The summed E-state index contributed by atoms with van der Waals surface area (Å²) in [4.78, 5) is 23.7. The molecule has 0 fully saturated rings. The van der Waals surface area contributed by atoms with E-state index in [9.17, 15) is 9.59 Å². The van der Waals surface area contributed by atoms with Crippen molar-refractivity contribution in [3.63, 3.8) is 0 Å². The molecule has 0 bridgehead atoms. The Morgan fingerprint density at radius 1 is 1.08 bits per heavy atom. The van der Waals surface area contributed by atoms with Gasteiger partial charge >= 0.3 is 0 Å². The highest BCUT2D eigenvalue weighted by molar-refractivity contribution is 6.35. The van der Waals surface area contributed by atoms with Gasteiger partial charge in [-0.2, -0.15) is 0 Å². The van der Waals surface area contributed by atoms with Gasteiger partial charge in [0.1, 0.15) is 5.75 Å². The second-order valence-electron chi connectivity index (χ2n) is 5.44. The van der Waals surface area contributed by atoms with E-state index < -0.39 is 11.8 Å². The third kappa shape index (κ3) is 5.66. The van der Waals surface area contributed by atoms with E-state index in [0.29, 0.717) is 21.5 Å². The molecule has 0 aromatic heterocycles. The lowest BCUT2D eigenvalue weighted by Gasteiger charge is -2.11. The number of hydrogen-bond acceptors (Lipinski definition) is 3. The Morgan fingerprint density at radius 3 is 2.60 bits per heavy atom. The molecular formula is C18H18Cl2N2O3. The number of benzene rings is 2. The van der Waals surface area contributed by atoms with Gasteiger partial charge in [-0.05, 0) is 49.2 Å². The molecule has 0 atom stereocenters. The van der Waals surface area contributed by atoms with Crippen molar-refractivity contribution in [1.82, 2.24) is 5.32 Å². The summed E-state index contributed by atoms with van der Waals surface area (Å²) in [5, 5.41) is 5.89. The number of rotatable bonds is 6. The molecule has 2 N–H and O–H groups in total. The van der Waals surface area contributed by atoms with Gasteiger partial charge in [-0.3, -0.25) is 9.59 Å². The van der Waals surface area contributed by atoms with Crippen LogP contribution in [0.15, 0.2) is 36.4 Å². The third-order valence-electron chi connectivity index (χ3n) is 3.56. The van der Waals surface area contributed by atoms with Crippen molar-refractivity contribution < 1.29 is 14.3 Å². The number of anilines is 1. The summed E-state index contributed by atoms with van der Waals surface area (Å²) in [7, 11) is 0. The van der Waals surface area contributed by atoms with Crippen LogP contribution in [0.3, 0.4) is 0 Å². The number of nitrogens with one attached hydrogen (secondary N) is 2. The maximum atomic E-state index is 11.9. The Morgan fingerprint density at radius 2 is 1.84 bits per heavy atom. The van der Waals surface area contributed by atoms with E-state index in [1.165, 1.54) is 6.07 Å². The Balaban J connectivity index is 1.80. The predicted octanol–water partition coefficient (Wildman–Crippen LogP) is 3.74. The summed E-state index contributed by atoms with van der Waals surface area (Å²) >= 11 is 11.8. The molecule has 5 nitrogen and oxygen atoms in total. The Hall–Kier alpha value is -2.24. The summed E-state index contributed by atoms with van der Waals surface area (Å²) in [6.45, 7) is 3.52. The highest BCUT2D eigenvalue weighted by Crippen LogP contribution is 2.25. The first-order valence-electron chi connectivity index (χ1n) is 7.57. The van der Waals surface area contributed by atoms with Crippen molar-refractivity contribution >= 4 is 40.7 Å². The van der Waals surface area contributed by atoms with Gasteiger partial charge in [0.2, 0.25) is 5.91 Å². The molecule has 2 aromatic carbocycles. The van der Waals surface area contributed by atoms with Crippen LogP contribution in [0.25, 0.3) is 0 Å². The second kappa shape index (κ2) is 8.74. The number of hydrogen-bond donors (Lipinski definition) is 2. The van der Waals surface area contributed by atoms with Crippen molar-refractivity contribution in [2.45, 2.75) is 13.8 Å². The topological polar surface area (TPSA) is 67.4 Å².